The molecule has 2 saturated carbocycles. The summed E-state index contributed by atoms with van der Waals surface area (Å²) in [6.45, 7) is 2.33. The zero-order chi connectivity index (χ0) is 12.1. The minimum Gasteiger partial charge on any atom is -0.216 e. The largest absolute Gasteiger partial charge is 0.216 e. The molecule has 0 atom stereocenters. The van der Waals surface area contributed by atoms with Crippen LogP contribution in [0.2, 0.25) is 0 Å². The van der Waals surface area contributed by atoms with Gasteiger partial charge in [0.2, 0.25) is 0 Å². The van der Waals surface area contributed by atoms with Crippen molar-refractivity contribution in [3.8, 4) is 0 Å². The fraction of sp³-hybridized carbons (Fsp3) is 0.875. The molecule has 0 amide bonds. The molecule has 2 fully saturated rings. The highest BCUT2D eigenvalue weighted by Gasteiger charge is 2.29. The SMILES string of the molecule is CC[C@H]1CC[C@H]([C@H]2CC[C@H](C=CF)CC2)CC1. The molecule has 98 valence electrons. The van der Waals surface area contributed by atoms with Crippen LogP contribution in [0.5, 0.6) is 0 Å². The summed E-state index contributed by atoms with van der Waals surface area (Å²) in [5.41, 5.74) is 0. The van der Waals surface area contributed by atoms with Crippen molar-refractivity contribution in [3.63, 3.8) is 0 Å². The van der Waals surface area contributed by atoms with Gasteiger partial charge in [-0.2, -0.15) is 0 Å². The molecule has 0 spiro atoms. The Balaban J connectivity index is 1.74. The molecular formula is C16H27F. The first-order valence-electron chi connectivity index (χ1n) is 7.60. The molecule has 0 aromatic rings. The molecule has 0 nitrogen and oxygen atoms in total. The Bertz CT molecular complexity index is 230. The third-order valence-electron chi connectivity index (χ3n) is 5.30. The molecule has 1 heteroatoms. The maximum atomic E-state index is 12.1. The monoisotopic (exact) mass is 238 g/mol. The molecule has 0 aromatic heterocycles. The Morgan fingerprint density at radius 3 is 1.88 bits per heavy atom. The van der Waals surface area contributed by atoms with Gasteiger partial charge in [-0.05, 0) is 62.2 Å². The molecule has 2 rings (SSSR count). The quantitative estimate of drug-likeness (QED) is 0.609. The Morgan fingerprint density at radius 2 is 1.41 bits per heavy atom. The smallest absolute Gasteiger partial charge is 0.0829 e. The van der Waals surface area contributed by atoms with Crippen molar-refractivity contribution >= 4 is 0 Å². The maximum absolute atomic E-state index is 12.1. The predicted molar refractivity (Wildman–Crippen MR) is 71.4 cm³/mol. The average Bonchev–Trinajstić information content (AvgIpc) is 2.40. The van der Waals surface area contributed by atoms with Crippen LogP contribution < -0.4 is 0 Å². The van der Waals surface area contributed by atoms with Crippen molar-refractivity contribution in [1.29, 1.82) is 0 Å². The number of halogens is 1. The first-order chi connectivity index (χ1) is 8.33. The standard InChI is InChI=1S/C16H27F/c1-2-13-3-7-15(8-4-13)16-9-5-14(6-10-16)11-12-17/h11-16H,2-10H2,1H3/t13-,14-,15-,16-. The van der Waals surface area contributed by atoms with Crippen molar-refractivity contribution in [2.45, 2.75) is 64.7 Å². The second kappa shape index (κ2) is 6.56. The van der Waals surface area contributed by atoms with Crippen LogP contribution in [-0.4, -0.2) is 0 Å². The molecule has 2 aliphatic rings. The molecule has 0 aliphatic heterocycles. The molecule has 0 aromatic carbocycles. The van der Waals surface area contributed by atoms with Crippen molar-refractivity contribution in [1.82, 2.24) is 0 Å². The number of rotatable bonds is 3. The van der Waals surface area contributed by atoms with Gasteiger partial charge in [-0.25, -0.2) is 4.39 Å². The Morgan fingerprint density at radius 1 is 0.882 bits per heavy atom. The molecule has 0 heterocycles. The van der Waals surface area contributed by atoms with Gasteiger partial charge in [0, 0.05) is 0 Å². The van der Waals surface area contributed by atoms with Crippen molar-refractivity contribution in [2.75, 3.05) is 0 Å². The predicted octanol–water partition coefficient (Wildman–Crippen LogP) is 5.49. The second-order valence-electron chi connectivity index (χ2n) is 6.18. The summed E-state index contributed by atoms with van der Waals surface area (Å²) < 4.78 is 12.1. The zero-order valence-electron chi connectivity index (χ0n) is 11.2. The maximum Gasteiger partial charge on any atom is 0.0829 e. The van der Waals surface area contributed by atoms with Gasteiger partial charge in [0.05, 0.1) is 6.33 Å². The first kappa shape index (κ1) is 13.1. The Labute approximate surface area is 106 Å². The molecule has 2 aliphatic carbocycles. The van der Waals surface area contributed by atoms with Crippen LogP contribution in [0.15, 0.2) is 12.4 Å². The number of allylic oxidation sites excluding steroid dienone is 1. The van der Waals surface area contributed by atoms with E-state index in [9.17, 15) is 4.39 Å². The molecule has 17 heavy (non-hydrogen) atoms. The van der Waals surface area contributed by atoms with Gasteiger partial charge in [0.25, 0.3) is 0 Å². The highest BCUT2D eigenvalue weighted by atomic mass is 19.1. The van der Waals surface area contributed by atoms with Crippen molar-refractivity contribution < 1.29 is 4.39 Å². The second-order valence-corrected chi connectivity index (χ2v) is 6.18. The van der Waals surface area contributed by atoms with Gasteiger partial charge in [0.1, 0.15) is 0 Å². The molecular weight excluding hydrogens is 211 g/mol. The fourth-order valence-corrected chi connectivity index (χ4v) is 3.98. The first-order valence-corrected chi connectivity index (χ1v) is 7.60. The third kappa shape index (κ3) is 3.56. The van der Waals surface area contributed by atoms with Gasteiger partial charge in [0.15, 0.2) is 0 Å². The summed E-state index contributed by atoms with van der Waals surface area (Å²) in [5.74, 6) is 3.49. The van der Waals surface area contributed by atoms with Crippen molar-refractivity contribution in [3.05, 3.63) is 12.4 Å². The van der Waals surface area contributed by atoms with Crippen LogP contribution >= 0.6 is 0 Å². The summed E-state index contributed by atoms with van der Waals surface area (Å²) in [6, 6.07) is 0. The van der Waals surface area contributed by atoms with Gasteiger partial charge in [-0.15, -0.1) is 0 Å². The molecule has 0 saturated heterocycles. The van der Waals surface area contributed by atoms with Crippen LogP contribution in [0, 0.1) is 23.7 Å². The van der Waals surface area contributed by atoms with Gasteiger partial charge >= 0.3 is 0 Å². The lowest BCUT2D eigenvalue weighted by Crippen LogP contribution is -2.25. The molecule has 0 unspecified atom stereocenters. The van der Waals surface area contributed by atoms with Crippen LogP contribution in [0.1, 0.15) is 64.7 Å². The van der Waals surface area contributed by atoms with Crippen molar-refractivity contribution in [2.24, 2.45) is 23.7 Å². The van der Waals surface area contributed by atoms with Crippen LogP contribution in [0.3, 0.4) is 0 Å². The lowest BCUT2D eigenvalue weighted by atomic mass is 9.69. The van der Waals surface area contributed by atoms with E-state index in [0.717, 1.165) is 24.1 Å². The molecule has 0 radical (unpaired) electrons. The summed E-state index contributed by atoms with van der Waals surface area (Å²) in [7, 11) is 0. The van der Waals surface area contributed by atoms with Crippen LogP contribution in [0.25, 0.3) is 0 Å². The summed E-state index contributed by atoms with van der Waals surface area (Å²) in [6.07, 6.45) is 14.9. The number of hydrogen-bond acceptors (Lipinski definition) is 0. The van der Waals surface area contributed by atoms with Gasteiger partial charge in [-0.1, -0.05) is 32.3 Å². The summed E-state index contributed by atoms with van der Waals surface area (Å²) in [5, 5.41) is 0. The Hall–Kier alpha value is -0.330. The van der Waals surface area contributed by atoms with E-state index in [1.54, 1.807) is 6.08 Å². The lowest BCUT2D eigenvalue weighted by Gasteiger charge is -2.37. The average molecular weight is 238 g/mol. The van der Waals surface area contributed by atoms with Gasteiger partial charge in [-0.3, -0.25) is 0 Å². The van der Waals surface area contributed by atoms with E-state index in [-0.39, 0.29) is 0 Å². The summed E-state index contributed by atoms with van der Waals surface area (Å²) in [4.78, 5) is 0. The van der Waals surface area contributed by atoms with Gasteiger partial charge < -0.3 is 0 Å². The van der Waals surface area contributed by atoms with E-state index in [1.807, 2.05) is 0 Å². The van der Waals surface area contributed by atoms with E-state index >= 15 is 0 Å². The highest BCUT2D eigenvalue weighted by molar-refractivity contribution is 4.89. The van der Waals surface area contributed by atoms with Crippen LogP contribution in [-0.2, 0) is 0 Å². The fourth-order valence-electron chi connectivity index (χ4n) is 3.98. The van der Waals surface area contributed by atoms with E-state index in [4.69, 9.17) is 0 Å². The van der Waals surface area contributed by atoms with E-state index < -0.39 is 0 Å². The van der Waals surface area contributed by atoms with Crippen LogP contribution in [0.4, 0.5) is 4.39 Å². The highest BCUT2D eigenvalue weighted by Crippen LogP contribution is 2.42. The molecule has 0 N–H and O–H groups in total. The zero-order valence-corrected chi connectivity index (χ0v) is 11.2. The topological polar surface area (TPSA) is 0 Å². The molecule has 0 bridgehead atoms. The summed E-state index contributed by atoms with van der Waals surface area (Å²) >= 11 is 0. The normalized spacial score (nSPS) is 39.6. The van der Waals surface area contributed by atoms with E-state index in [2.05, 4.69) is 6.92 Å². The minimum absolute atomic E-state index is 0.531. The number of hydrogen-bond donors (Lipinski definition) is 0. The van der Waals surface area contributed by atoms with E-state index in [0.29, 0.717) is 5.92 Å². The third-order valence-corrected chi connectivity index (χ3v) is 5.30. The minimum atomic E-state index is 0.531. The Kier molecular flexibility index (Phi) is 5.06. The van der Waals surface area contributed by atoms with E-state index in [1.165, 1.54) is 57.8 Å². The lowest BCUT2D eigenvalue weighted by molar-refractivity contribution is 0.154.